The summed E-state index contributed by atoms with van der Waals surface area (Å²) in [5.74, 6) is 0.237. The van der Waals surface area contributed by atoms with Crippen molar-refractivity contribution in [3.8, 4) is 0 Å². The normalized spacial score (nSPS) is 16.7. The number of hydrogen-bond donors (Lipinski definition) is 1. The van der Waals surface area contributed by atoms with Crippen LogP contribution in [0.5, 0.6) is 0 Å². The summed E-state index contributed by atoms with van der Waals surface area (Å²) in [6.07, 6.45) is 3.46. The lowest BCUT2D eigenvalue weighted by atomic mass is 10.0. The van der Waals surface area contributed by atoms with Gasteiger partial charge in [0.25, 0.3) is 5.56 Å². The topological polar surface area (TPSA) is 76.5 Å². The van der Waals surface area contributed by atoms with Crippen molar-refractivity contribution in [1.82, 2.24) is 14.6 Å². The zero-order valence-electron chi connectivity index (χ0n) is 12.8. The quantitative estimate of drug-likeness (QED) is 0.880. The van der Waals surface area contributed by atoms with E-state index in [0.717, 1.165) is 12.8 Å². The Morgan fingerprint density at radius 2 is 2.18 bits per heavy atom. The molecule has 0 unspecified atom stereocenters. The first-order chi connectivity index (χ1) is 10.2. The van der Waals surface area contributed by atoms with Crippen LogP contribution in [0.15, 0.2) is 17.1 Å². The maximum atomic E-state index is 12.2. The minimum absolute atomic E-state index is 0.216. The zero-order chi connectivity index (χ0) is 16.1. The second-order valence-corrected chi connectivity index (χ2v) is 7.21. The first kappa shape index (κ1) is 15.1. The number of esters is 1. The fourth-order valence-electron chi connectivity index (χ4n) is 2.53. The van der Waals surface area contributed by atoms with Gasteiger partial charge in [0.05, 0.1) is 11.4 Å². The number of carbonyl (C=O) groups excluding carboxylic acids is 1. The van der Waals surface area contributed by atoms with E-state index in [4.69, 9.17) is 16.3 Å². The van der Waals surface area contributed by atoms with Crippen molar-refractivity contribution < 1.29 is 9.53 Å². The molecule has 22 heavy (non-hydrogen) atoms. The highest BCUT2D eigenvalue weighted by Crippen LogP contribution is 2.49. The number of carbonyl (C=O) groups is 1. The smallest absolute Gasteiger partial charge is 0.307 e. The van der Waals surface area contributed by atoms with Crippen LogP contribution in [0.1, 0.15) is 45.9 Å². The summed E-state index contributed by atoms with van der Waals surface area (Å²) in [6.45, 7) is 5.50. The van der Waals surface area contributed by atoms with Gasteiger partial charge < -0.3 is 9.72 Å². The summed E-state index contributed by atoms with van der Waals surface area (Å²) in [5, 5.41) is 4.77. The molecule has 2 heterocycles. The Hall–Kier alpha value is -1.82. The van der Waals surface area contributed by atoms with Gasteiger partial charge in [-0.05, 0) is 39.7 Å². The van der Waals surface area contributed by atoms with Gasteiger partial charge in [0, 0.05) is 11.6 Å². The molecule has 1 N–H and O–H groups in total. The third kappa shape index (κ3) is 2.75. The highest BCUT2D eigenvalue weighted by Gasteiger charge is 2.49. The number of H-pyrrole nitrogens is 1. The monoisotopic (exact) mass is 323 g/mol. The summed E-state index contributed by atoms with van der Waals surface area (Å²) in [5.41, 5.74) is -0.924. The Morgan fingerprint density at radius 3 is 2.77 bits per heavy atom. The Morgan fingerprint density at radius 1 is 1.50 bits per heavy atom. The molecule has 0 radical (unpaired) electrons. The highest BCUT2D eigenvalue weighted by atomic mass is 35.5. The Labute approximate surface area is 132 Å². The van der Waals surface area contributed by atoms with Gasteiger partial charge in [-0.15, -0.1) is 0 Å². The summed E-state index contributed by atoms with van der Waals surface area (Å²) >= 11 is 5.96. The fourth-order valence-corrected chi connectivity index (χ4v) is 2.76. The van der Waals surface area contributed by atoms with Crippen LogP contribution in [0.25, 0.3) is 5.52 Å². The van der Waals surface area contributed by atoms with Gasteiger partial charge in [0.2, 0.25) is 0 Å². The maximum Gasteiger partial charge on any atom is 0.307 e. The van der Waals surface area contributed by atoms with Crippen LogP contribution in [0, 0.1) is 0 Å². The number of ether oxygens (including phenoxy) is 1. The summed E-state index contributed by atoms with van der Waals surface area (Å²) < 4.78 is 6.83. The Kier molecular flexibility index (Phi) is 3.32. The minimum Gasteiger partial charge on any atom is -0.460 e. The predicted molar refractivity (Wildman–Crippen MR) is 82.2 cm³/mol. The van der Waals surface area contributed by atoms with Crippen molar-refractivity contribution in [3.63, 3.8) is 0 Å². The van der Waals surface area contributed by atoms with Crippen LogP contribution in [-0.2, 0) is 14.9 Å². The maximum absolute atomic E-state index is 12.2. The number of hydrogen-bond acceptors (Lipinski definition) is 4. The molecule has 0 aliphatic heterocycles. The molecule has 2 aromatic heterocycles. The third-order valence-corrected chi connectivity index (χ3v) is 4.04. The minimum atomic E-state index is -0.522. The van der Waals surface area contributed by atoms with E-state index >= 15 is 0 Å². The van der Waals surface area contributed by atoms with Crippen molar-refractivity contribution in [2.24, 2.45) is 0 Å². The van der Waals surface area contributed by atoms with Crippen molar-refractivity contribution in [1.29, 1.82) is 0 Å². The molecule has 0 bridgehead atoms. The van der Waals surface area contributed by atoms with Gasteiger partial charge in [0.15, 0.2) is 0 Å². The molecule has 118 valence electrons. The van der Waals surface area contributed by atoms with Gasteiger partial charge in [-0.2, -0.15) is 5.10 Å². The number of aromatic amines is 1. The number of halogens is 1. The lowest BCUT2D eigenvalue weighted by molar-refractivity contribution is -0.155. The average molecular weight is 324 g/mol. The number of aromatic nitrogens is 3. The van der Waals surface area contributed by atoms with Crippen LogP contribution in [0.4, 0.5) is 0 Å². The lowest BCUT2D eigenvalue weighted by Gasteiger charge is -2.21. The second kappa shape index (κ2) is 4.84. The number of nitrogens with zero attached hydrogens (tertiary/aromatic N) is 2. The van der Waals surface area contributed by atoms with Crippen LogP contribution in [0.2, 0.25) is 5.02 Å². The Bertz CT molecular complexity index is 796. The average Bonchev–Trinajstić information content (AvgIpc) is 3.04. The third-order valence-electron chi connectivity index (χ3n) is 3.73. The summed E-state index contributed by atoms with van der Waals surface area (Å²) in [4.78, 5) is 27.0. The molecule has 0 aromatic carbocycles. The molecule has 1 aliphatic rings. The molecule has 1 fully saturated rings. The first-order valence-corrected chi connectivity index (χ1v) is 7.58. The van der Waals surface area contributed by atoms with Crippen molar-refractivity contribution in [3.05, 3.63) is 33.5 Å². The molecule has 1 saturated carbocycles. The van der Waals surface area contributed by atoms with Crippen LogP contribution >= 0.6 is 11.6 Å². The molecule has 2 aromatic rings. The molecular weight excluding hydrogens is 306 g/mol. The van der Waals surface area contributed by atoms with E-state index in [2.05, 4.69) is 10.1 Å². The highest BCUT2D eigenvalue weighted by molar-refractivity contribution is 6.33. The molecule has 0 saturated heterocycles. The van der Waals surface area contributed by atoms with E-state index < -0.39 is 11.0 Å². The molecule has 3 rings (SSSR count). The van der Waals surface area contributed by atoms with Gasteiger partial charge in [0.1, 0.15) is 16.9 Å². The van der Waals surface area contributed by atoms with E-state index in [-0.39, 0.29) is 17.9 Å². The van der Waals surface area contributed by atoms with Crippen LogP contribution in [0.3, 0.4) is 0 Å². The summed E-state index contributed by atoms with van der Waals surface area (Å²) in [7, 11) is 0. The fraction of sp³-hybridized carbons (Fsp3) is 0.533. The standard InChI is InChI=1S/C15H18ClN3O3/c1-14(2,3)22-10(20)8-15(5-6-15)13-17-12(21)11-9(16)4-7-19(11)18-13/h4,7H,5-6,8H2,1-3H3,(H,17,18,21). The van der Waals surface area contributed by atoms with Crippen LogP contribution in [-0.4, -0.2) is 26.2 Å². The van der Waals surface area contributed by atoms with E-state index in [9.17, 15) is 9.59 Å². The van der Waals surface area contributed by atoms with E-state index in [1.54, 1.807) is 12.3 Å². The largest absolute Gasteiger partial charge is 0.460 e. The van der Waals surface area contributed by atoms with Crippen molar-refractivity contribution >= 4 is 23.1 Å². The molecule has 6 nitrogen and oxygen atoms in total. The van der Waals surface area contributed by atoms with Crippen molar-refractivity contribution in [2.45, 2.75) is 51.0 Å². The Balaban J connectivity index is 1.90. The molecule has 7 heteroatoms. The zero-order valence-corrected chi connectivity index (χ0v) is 13.5. The molecule has 0 atom stereocenters. The SMILES string of the molecule is CC(C)(C)OC(=O)CC1(c2nn3ccc(Cl)c3c(=O)[nH]2)CC1. The van der Waals surface area contributed by atoms with Crippen molar-refractivity contribution in [2.75, 3.05) is 0 Å². The lowest BCUT2D eigenvalue weighted by Crippen LogP contribution is -2.29. The van der Waals surface area contributed by atoms with Gasteiger partial charge in [-0.25, -0.2) is 4.52 Å². The van der Waals surface area contributed by atoms with Gasteiger partial charge >= 0.3 is 5.97 Å². The van der Waals surface area contributed by atoms with Gasteiger partial charge in [-0.3, -0.25) is 9.59 Å². The second-order valence-electron chi connectivity index (χ2n) is 6.80. The number of fused-ring (bicyclic) bond motifs is 1. The predicted octanol–water partition coefficient (Wildman–Crippen LogP) is 2.44. The number of nitrogens with one attached hydrogen (secondary N) is 1. The summed E-state index contributed by atoms with van der Waals surface area (Å²) in [6, 6.07) is 1.62. The van der Waals surface area contributed by atoms with E-state index in [0.29, 0.717) is 16.4 Å². The molecule has 0 spiro atoms. The molecule has 0 amide bonds. The van der Waals surface area contributed by atoms with Crippen LogP contribution < -0.4 is 5.56 Å². The van der Waals surface area contributed by atoms with Gasteiger partial charge in [-0.1, -0.05) is 11.6 Å². The molecule has 1 aliphatic carbocycles. The number of rotatable bonds is 3. The van der Waals surface area contributed by atoms with E-state index in [1.165, 1.54) is 4.52 Å². The molecular formula is C15H18ClN3O3. The van der Waals surface area contributed by atoms with E-state index in [1.807, 2.05) is 20.8 Å². The first-order valence-electron chi connectivity index (χ1n) is 7.20.